The van der Waals surface area contributed by atoms with Gasteiger partial charge in [0.05, 0.1) is 18.4 Å². The van der Waals surface area contributed by atoms with E-state index in [0.717, 1.165) is 0 Å². The fraction of sp³-hybridized carbons (Fsp3) is 0.211. The SMILES string of the molecule is COC(=O)c1ccc(NC(=O)C(C)(C)C(=O)Nc2ccccc2F)cc1. The zero-order valence-electron chi connectivity index (χ0n) is 14.6. The van der Waals surface area contributed by atoms with Gasteiger partial charge in [0.1, 0.15) is 11.2 Å². The molecule has 6 nitrogen and oxygen atoms in total. The summed E-state index contributed by atoms with van der Waals surface area (Å²) in [7, 11) is 1.27. The average molecular weight is 358 g/mol. The number of rotatable bonds is 5. The number of nitrogens with one attached hydrogen (secondary N) is 2. The highest BCUT2D eigenvalue weighted by Crippen LogP contribution is 2.23. The summed E-state index contributed by atoms with van der Waals surface area (Å²) in [6.45, 7) is 2.86. The molecule has 0 saturated carbocycles. The Bertz CT molecular complexity index is 832. The Labute approximate surface area is 150 Å². The van der Waals surface area contributed by atoms with Crippen LogP contribution in [0.2, 0.25) is 0 Å². The van der Waals surface area contributed by atoms with Crippen molar-refractivity contribution in [2.45, 2.75) is 13.8 Å². The quantitative estimate of drug-likeness (QED) is 0.635. The number of esters is 1. The van der Waals surface area contributed by atoms with Crippen molar-refractivity contribution in [3.8, 4) is 0 Å². The maximum Gasteiger partial charge on any atom is 0.337 e. The van der Waals surface area contributed by atoms with Crippen LogP contribution in [-0.4, -0.2) is 24.9 Å². The lowest BCUT2D eigenvalue weighted by Crippen LogP contribution is -2.41. The number of hydrogen-bond donors (Lipinski definition) is 2. The van der Waals surface area contributed by atoms with Crippen molar-refractivity contribution < 1.29 is 23.5 Å². The zero-order valence-corrected chi connectivity index (χ0v) is 14.6. The first kappa shape index (κ1) is 19.1. The molecule has 0 radical (unpaired) electrons. The number of methoxy groups -OCH3 is 1. The summed E-state index contributed by atoms with van der Waals surface area (Å²) in [5, 5.41) is 5.01. The van der Waals surface area contributed by atoms with Gasteiger partial charge in [0.15, 0.2) is 0 Å². The van der Waals surface area contributed by atoms with Crippen molar-refractivity contribution in [2.75, 3.05) is 17.7 Å². The van der Waals surface area contributed by atoms with E-state index >= 15 is 0 Å². The van der Waals surface area contributed by atoms with Crippen molar-refractivity contribution >= 4 is 29.2 Å². The van der Waals surface area contributed by atoms with Crippen molar-refractivity contribution in [1.29, 1.82) is 0 Å². The lowest BCUT2D eigenvalue weighted by molar-refractivity contribution is -0.135. The van der Waals surface area contributed by atoms with Crippen molar-refractivity contribution in [1.82, 2.24) is 0 Å². The van der Waals surface area contributed by atoms with Crippen molar-refractivity contribution in [3.63, 3.8) is 0 Å². The molecular weight excluding hydrogens is 339 g/mol. The second kappa shape index (κ2) is 7.77. The summed E-state index contributed by atoms with van der Waals surface area (Å²) in [4.78, 5) is 36.3. The number of ether oxygens (including phenoxy) is 1. The summed E-state index contributed by atoms with van der Waals surface area (Å²) < 4.78 is 18.3. The lowest BCUT2D eigenvalue weighted by Gasteiger charge is -2.23. The molecule has 0 unspecified atom stereocenters. The Morgan fingerprint density at radius 1 is 0.923 bits per heavy atom. The number of carbonyl (C=O) groups is 3. The zero-order chi connectivity index (χ0) is 19.3. The number of para-hydroxylation sites is 1. The highest BCUT2D eigenvalue weighted by Gasteiger charge is 2.36. The molecule has 0 aliphatic rings. The molecule has 2 aromatic rings. The van der Waals surface area contributed by atoms with Crippen LogP contribution in [0.15, 0.2) is 48.5 Å². The molecule has 7 heteroatoms. The first-order valence-electron chi connectivity index (χ1n) is 7.81. The molecule has 26 heavy (non-hydrogen) atoms. The predicted octanol–water partition coefficient (Wildman–Crippen LogP) is 3.22. The lowest BCUT2D eigenvalue weighted by atomic mass is 9.90. The summed E-state index contributed by atoms with van der Waals surface area (Å²) in [6, 6.07) is 11.7. The van der Waals surface area contributed by atoms with E-state index < -0.39 is 29.0 Å². The molecule has 0 aliphatic heterocycles. The van der Waals surface area contributed by atoms with Crippen molar-refractivity contribution in [3.05, 3.63) is 59.9 Å². The van der Waals surface area contributed by atoms with Crippen molar-refractivity contribution in [2.24, 2.45) is 5.41 Å². The van der Waals surface area contributed by atoms with Crippen LogP contribution in [0.4, 0.5) is 15.8 Å². The van der Waals surface area contributed by atoms with E-state index in [-0.39, 0.29) is 5.69 Å². The van der Waals surface area contributed by atoms with Crippen LogP contribution in [0.5, 0.6) is 0 Å². The highest BCUT2D eigenvalue weighted by molar-refractivity contribution is 6.14. The summed E-state index contributed by atoms with van der Waals surface area (Å²) >= 11 is 0. The van der Waals surface area contributed by atoms with Gasteiger partial charge in [-0.25, -0.2) is 9.18 Å². The summed E-state index contributed by atoms with van der Waals surface area (Å²) in [5.74, 6) is -2.30. The largest absolute Gasteiger partial charge is 0.465 e. The molecule has 0 aromatic heterocycles. The van der Waals surface area contributed by atoms with Crippen LogP contribution in [0.1, 0.15) is 24.2 Å². The number of benzene rings is 2. The second-order valence-electron chi connectivity index (χ2n) is 6.08. The van der Waals surface area contributed by atoms with Crippen LogP contribution in [0.3, 0.4) is 0 Å². The van der Waals surface area contributed by atoms with E-state index in [9.17, 15) is 18.8 Å². The number of hydrogen-bond acceptors (Lipinski definition) is 4. The third-order valence-corrected chi connectivity index (χ3v) is 3.82. The van der Waals surface area contributed by atoms with Gasteiger partial charge in [0.2, 0.25) is 11.8 Å². The van der Waals surface area contributed by atoms with Crippen LogP contribution in [-0.2, 0) is 14.3 Å². The third kappa shape index (κ3) is 4.24. The fourth-order valence-corrected chi connectivity index (χ4v) is 2.04. The molecule has 2 amide bonds. The molecular formula is C19H19FN2O4. The van der Waals surface area contributed by atoms with Gasteiger partial charge in [0.25, 0.3) is 0 Å². The van der Waals surface area contributed by atoms with Gasteiger partial charge in [-0.05, 0) is 50.2 Å². The first-order chi connectivity index (χ1) is 12.3. The van der Waals surface area contributed by atoms with Crippen LogP contribution in [0.25, 0.3) is 0 Å². The normalized spacial score (nSPS) is 10.8. The molecule has 2 aromatic carbocycles. The topological polar surface area (TPSA) is 84.5 Å². The fourth-order valence-electron chi connectivity index (χ4n) is 2.04. The number of amides is 2. The Hall–Kier alpha value is -3.22. The van der Waals surface area contributed by atoms with Gasteiger partial charge in [-0.3, -0.25) is 9.59 Å². The highest BCUT2D eigenvalue weighted by atomic mass is 19.1. The second-order valence-corrected chi connectivity index (χ2v) is 6.08. The van der Waals surface area contributed by atoms with E-state index in [1.165, 1.54) is 63.4 Å². The molecule has 0 fully saturated rings. The van der Waals surface area contributed by atoms with E-state index in [0.29, 0.717) is 11.3 Å². The molecule has 2 N–H and O–H groups in total. The van der Waals surface area contributed by atoms with Gasteiger partial charge in [0, 0.05) is 5.69 Å². The maximum atomic E-state index is 13.7. The van der Waals surface area contributed by atoms with Gasteiger partial charge in [-0.2, -0.15) is 0 Å². The van der Waals surface area contributed by atoms with E-state index in [1.807, 2.05) is 0 Å². The minimum Gasteiger partial charge on any atom is -0.465 e. The summed E-state index contributed by atoms with van der Waals surface area (Å²) in [5.41, 5.74) is -0.708. The average Bonchev–Trinajstić information content (AvgIpc) is 2.63. The van der Waals surface area contributed by atoms with Gasteiger partial charge < -0.3 is 15.4 Å². The molecule has 0 spiro atoms. The Kier molecular flexibility index (Phi) is 5.71. The Morgan fingerprint density at radius 2 is 1.50 bits per heavy atom. The number of carbonyl (C=O) groups excluding carboxylic acids is 3. The monoisotopic (exact) mass is 358 g/mol. The minimum atomic E-state index is -1.46. The van der Waals surface area contributed by atoms with Gasteiger partial charge >= 0.3 is 5.97 Å². The molecule has 2 rings (SSSR count). The molecule has 0 heterocycles. The molecule has 0 aliphatic carbocycles. The van der Waals surface area contributed by atoms with Gasteiger partial charge in [-0.1, -0.05) is 12.1 Å². The maximum absolute atomic E-state index is 13.7. The first-order valence-corrected chi connectivity index (χ1v) is 7.81. The smallest absolute Gasteiger partial charge is 0.337 e. The Morgan fingerprint density at radius 3 is 2.08 bits per heavy atom. The summed E-state index contributed by atoms with van der Waals surface area (Å²) in [6.07, 6.45) is 0. The number of anilines is 2. The van der Waals surface area contributed by atoms with Crippen LogP contribution >= 0.6 is 0 Å². The van der Waals surface area contributed by atoms with E-state index in [4.69, 9.17) is 0 Å². The molecule has 0 atom stereocenters. The Balaban J connectivity index is 2.08. The van der Waals surface area contributed by atoms with Crippen LogP contribution < -0.4 is 10.6 Å². The molecule has 0 saturated heterocycles. The van der Waals surface area contributed by atoms with E-state index in [1.54, 1.807) is 6.07 Å². The third-order valence-electron chi connectivity index (χ3n) is 3.82. The standard InChI is InChI=1S/C19H19FN2O4/c1-19(2,18(25)22-15-7-5-4-6-14(15)20)17(24)21-13-10-8-12(9-11-13)16(23)26-3/h4-11H,1-3H3,(H,21,24)(H,22,25). The van der Waals surface area contributed by atoms with Crippen LogP contribution in [0, 0.1) is 11.2 Å². The predicted molar refractivity (Wildman–Crippen MR) is 95.2 cm³/mol. The minimum absolute atomic E-state index is 0.000746. The molecule has 0 bridgehead atoms. The number of halogens is 1. The van der Waals surface area contributed by atoms with Gasteiger partial charge in [-0.15, -0.1) is 0 Å². The van der Waals surface area contributed by atoms with E-state index in [2.05, 4.69) is 15.4 Å². The molecule has 136 valence electrons.